The lowest BCUT2D eigenvalue weighted by atomic mass is 10.1. The Kier molecular flexibility index (Phi) is 2.96. The van der Waals surface area contributed by atoms with E-state index < -0.39 is 0 Å². The third-order valence-corrected chi connectivity index (χ3v) is 3.45. The number of morpholine rings is 1. The van der Waals surface area contributed by atoms with Crippen LogP contribution < -0.4 is 4.74 Å². The highest BCUT2D eigenvalue weighted by molar-refractivity contribution is 5.97. The van der Waals surface area contributed by atoms with Gasteiger partial charge in [-0.2, -0.15) is 0 Å². The quantitative estimate of drug-likeness (QED) is 0.754. The van der Waals surface area contributed by atoms with Gasteiger partial charge in [0.1, 0.15) is 11.9 Å². The molecule has 0 aliphatic carbocycles. The fraction of sp³-hybridized carbons (Fsp3) is 0.500. The van der Waals surface area contributed by atoms with E-state index in [1.807, 2.05) is 30.0 Å². The lowest BCUT2D eigenvalue weighted by Gasteiger charge is -2.27. The Bertz CT molecular complexity index is 466. The second kappa shape index (κ2) is 4.61. The Morgan fingerprint density at radius 1 is 1.33 bits per heavy atom. The van der Waals surface area contributed by atoms with Crippen LogP contribution in [0.25, 0.3) is 0 Å². The summed E-state index contributed by atoms with van der Waals surface area (Å²) in [4.78, 5) is 14.3. The largest absolute Gasteiger partial charge is 0.489 e. The molecule has 2 aliphatic rings. The van der Waals surface area contributed by atoms with E-state index in [-0.39, 0.29) is 12.0 Å². The number of nitrogens with zero attached hydrogens (tertiary/aromatic N) is 1. The molecular formula is C14H17NO3. The Morgan fingerprint density at radius 3 is 2.89 bits per heavy atom. The summed E-state index contributed by atoms with van der Waals surface area (Å²) < 4.78 is 11.0. The number of carbonyl (C=O) groups is 1. The number of fused-ring (bicyclic) bond motifs is 1. The van der Waals surface area contributed by atoms with Crippen LogP contribution in [0.1, 0.15) is 22.8 Å². The molecule has 1 aromatic carbocycles. The van der Waals surface area contributed by atoms with E-state index in [1.165, 1.54) is 0 Å². The topological polar surface area (TPSA) is 38.8 Å². The number of hydrogen-bond donors (Lipinski definition) is 0. The summed E-state index contributed by atoms with van der Waals surface area (Å²) in [6.45, 7) is 4.61. The lowest BCUT2D eigenvalue weighted by Crippen LogP contribution is -2.40. The number of rotatable bonds is 1. The van der Waals surface area contributed by atoms with Crippen LogP contribution in [0.2, 0.25) is 0 Å². The molecule has 0 bridgehead atoms. The number of amides is 1. The first-order valence-corrected chi connectivity index (χ1v) is 6.41. The average molecular weight is 247 g/mol. The molecule has 2 heterocycles. The van der Waals surface area contributed by atoms with Crippen molar-refractivity contribution in [3.05, 3.63) is 29.3 Å². The molecule has 1 fully saturated rings. The Hall–Kier alpha value is -1.55. The highest BCUT2D eigenvalue weighted by Gasteiger charge is 2.27. The van der Waals surface area contributed by atoms with E-state index in [4.69, 9.17) is 9.47 Å². The molecule has 4 heteroatoms. The summed E-state index contributed by atoms with van der Waals surface area (Å²) in [6, 6.07) is 5.83. The summed E-state index contributed by atoms with van der Waals surface area (Å²) in [5.74, 6) is 0.839. The minimum atomic E-state index is 0.0595. The minimum absolute atomic E-state index is 0.0595. The molecule has 18 heavy (non-hydrogen) atoms. The molecule has 0 saturated carbocycles. The maximum absolute atomic E-state index is 12.5. The maximum atomic E-state index is 12.5. The number of carbonyl (C=O) groups excluding carboxylic acids is 1. The predicted octanol–water partition coefficient (Wildman–Crippen LogP) is 1.48. The van der Waals surface area contributed by atoms with Crippen LogP contribution in [-0.2, 0) is 11.2 Å². The number of ether oxygens (including phenoxy) is 2. The minimum Gasteiger partial charge on any atom is -0.489 e. The van der Waals surface area contributed by atoms with Crippen LogP contribution in [0, 0.1) is 0 Å². The van der Waals surface area contributed by atoms with E-state index in [1.54, 1.807) is 0 Å². The van der Waals surface area contributed by atoms with Gasteiger partial charge < -0.3 is 14.4 Å². The Morgan fingerprint density at radius 2 is 2.11 bits per heavy atom. The summed E-state index contributed by atoms with van der Waals surface area (Å²) in [6.07, 6.45) is 1.05. The van der Waals surface area contributed by atoms with Crippen molar-refractivity contribution in [2.45, 2.75) is 19.4 Å². The molecule has 0 unspecified atom stereocenters. The van der Waals surface area contributed by atoms with E-state index >= 15 is 0 Å². The van der Waals surface area contributed by atoms with Gasteiger partial charge in [-0.05, 0) is 18.6 Å². The van der Waals surface area contributed by atoms with Crippen LogP contribution in [0.5, 0.6) is 5.75 Å². The molecule has 2 aliphatic heterocycles. The zero-order valence-corrected chi connectivity index (χ0v) is 10.5. The van der Waals surface area contributed by atoms with Crippen molar-refractivity contribution in [2.24, 2.45) is 0 Å². The third kappa shape index (κ3) is 1.97. The summed E-state index contributed by atoms with van der Waals surface area (Å²) in [5.41, 5.74) is 1.83. The second-order valence-electron chi connectivity index (χ2n) is 4.83. The van der Waals surface area contributed by atoms with Gasteiger partial charge in [0, 0.05) is 19.5 Å². The van der Waals surface area contributed by atoms with Crippen molar-refractivity contribution >= 4 is 5.91 Å². The fourth-order valence-corrected chi connectivity index (χ4v) is 2.54. The van der Waals surface area contributed by atoms with Gasteiger partial charge >= 0.3 is 0 Å². The smallest absolute Gasteiger partial charge is 0.257 e. The SMILES string of the molecule is C[C@@H]1Cc2cccc(C(=O)N3CCOCC3)c2O1. The number of hydrogen-bond acceptors (Lipinski definition) is 3. The molecule has 96 valence electrons. The van der Waals surface area contributed by atoms with Crippen LogP contribution in [0.3, 0.4) is 0 Å². The summed E-state index contributed by atoms with van der Waals surface area (Å²) in [7, 11) is 0. The summed E-state index contributed by atoms with van der Waals surface area (Å²) in [5, 5.41) is 0. The number of benzene rings is 1. The molecule has 1 aromatic rings. The van der Waals surface area contributed by atoms with Crippen molar-refractivity contribution in [2.75, 3.05) is 26.3 Å². The van der Waals surface area contributed by atoms with Crippen LogP contribution in [-0.4, -0.2) is 43.2 Å². The van der Waals surface area contributed by atoms with Crippen molar-refractivity contribution in [3.8, 4) is 5.75 Å². The zero-order chi connectivity index (χ0) is 12.5. The third-order valence-electron chi connectivity index (χ3n) is 3.45. The van der Waals surface area contributed by atoms with E-state index in [9.17, 15) is 4.79 Å². The molecule has 1 amide bonds. The molecule has 0 N–H and O–H groups in total. The highest BCUT2D eigenvalue weighted by atomic mass is 16.5. The monoisotopic (exact) mass is 247 g/mol. The molecule has 0 spiro atoms. The first-order valence-electron chi connectivity index (χ1n) is 6.41. The van der Waals surface area contributed by atoms with E-state index in [0.29, 0.717) is 31.9 Å². The molecule has 1 atom stereocenters. The fourth-order valence-electron chi connectivity index (χ4n) is 2.54. The van der Waals surface area contributed by atoms with E-state index in [2.05, 4.69) is 0 Å². The molecule has 0 radical (unpaired) electrons. The van der Waals surface area contributed by atoms with Crippen molar-refractivity contribution in [3.63, 3.8) is 0 Å². The normalized spacial score (nSPS) is 22.5. The van der Waals surface area contributed by atoms with Gasteiger partial charge in [-0.3, -0.25) is 4.79 Å². The van der Waals surface area contributed by atoms with Gasteiger partial charge in [-0.15, -0.1) is 0 Å². The van der Waals surface area contributed by atoms with Gasteiger partial charge in [0.05, 0.1) is 18.8 Å². The van der Waals surface area contributed by atoms with Crippen LogP contribution in [0.15, 0.2) is 18.2 Å². The highest BCUT2D eigenvalue weighted by Crippen LogP contribution is 2.33. The Balaban J connectivity index is 1.88. The molecular weight excluding hydrogens is 230 g/mol. The van der Waals surface area contributed by atoms with Crippen molar-refractivity contribution in [1.29, 1.82) is 0 Å². The van der Waals surface area contributed by atoms with Crippen LogP contribution in [0.4, 0.5) is 0 Å². The van der Waals surface area contributed by atoms with Crippen molar-refractivity contribution in [1.82, 2.24) is 4.90 Å². The molecule has 3 rings (SSSR count). The first-order chi connectivity index (χ1) is 8.75. The van der Waals surface area contributed by atoms with Crippen molar-refractivity contribution < 1.29 is 14.3 Å². The van der Waals surface area contributed by atoms with Crippen LogP contribution >= 0.6 is 0 Å². The van der Waals surface area contributed by atoms with Gasteiger partial charge in [0.25, 0.3) is 5.91 Å². The molecule has 1 saturated heterocycles. The van der Waals surface area contributed by atoms with Gasteiger partial charge in [-0.1, -0.05) is 12.1 Å². The second-order valence-corrected chi connectivity index (χ2v) is 4.83. The number of para-hydroxylation sites is 1. The average Bonchev–Trinajstić information content (AvgIpc) is 2.79. The summed E-state index contributed by atoms with van der Waals surface area (Å²) >= 11 is 0. The maximum Gasteiger partial charge on any atom is 0.257 e. The van der Waals surface area contributed by atoms with Gasteiger partial charge in [0.15, 0.2) is 0 Å². The predicted molar refractivity (Wildman–Crippen MR) is 67.0 cm³/mol. The Labute approximate surface area is 106 Å². The van der Waals surface area contributed by atoms with Gasteiger partial charge in [-0.25, -0.2) is 0 Å². The van der Waals surface area contributed by atoms with E-state index in [0.717, 1.165) is 17.7 Å². The van der Waals surface area contributed by atoms with Gasteiger partial charge in [0.2, 0.25) is 0 Å². The lowest BCUT2D eigenvalue weighted by molar-refractivity contribution is 0.0300. The first kappa shape index (κ1) is 11.5. The zero-order valence-electron chi connectivity index (χ0n) is 10.5. The standard InChI is InChI=1S/C14H17NO3/c1-10-9-11-3-2-4-12(13(11)18-10)14(16)15-5-7-17-8-6-15/h2-4,10H,5-9H2,1H3/t10-/m1/s1. The molecule has 4 nitrogen and oxygen atoms in total. The molecule has 0 aromatic heterocycles.